The predicted octanol–water partition coefficient (Wildman–Crippen LogP) is 2.93. The zero-order valence-electron chi connectivity index (χ0n) is 9.91. The van der Waals surface area contributed by atoms with Crippen LogP contribution in [0.25, 0.3) is 10.8 Å². The summed E-state index contributed by atoms with van der Waals surface area (Å²) >= 11 is 0.762. The average Bonchev–Trinajstić information content (AvgIpc) is 2.36. The summed E-state index contributed by atoms with van der Waals surface area (Å²) in [5.74, 6) is -0.145. The Morgan fingerprint density at radius 3 is 2.79 bits per heavy atom. The van der Waals surface area contributed by atoms with Crippen LogP contribution >= 0.6 is 12.0 Å². The quantitative estimate of drug-likeness (QED) is 0.453. The van der Waals surface area contributed by atoms with E-state index in [1.165, 1.54) is 13.0 Å². The van der Waals surface area contributed by atoms with Crippen molar-refractivity contribution >= 4 is 34.4 Å². The monoisotopic (exact) mass is 281 g/mol. The predicted molar refractivity (Wildman–Crippen MR) is 70.6 cm³/mol. The van der Waals surface area contributed by atoms with Gasteiger partial charge >= 0.3 is 0 Å². The molecule has 2 rings (SSSR count). The van der Waals surface area contributed by atoms with Gasteiger partial charge in [0.15, 0.2) is 0 Å². The Hall–Kier alpha value is -1.80. The lowest BCUT2D eigenvalue weighted by molar-refractivity contribution is -0.432. The van der Waals surface area contributed by atoms with Gasteiger partial charge in [-0.2, -0.15) is 0 Å². The van der Waals surface area contributed by atoms with Gasteiger partial charge in [0, 0.05) is 22.9 Å². The number of anilines is 1. The van der Waals surface area contributed by atoms with Gasteiger partial charge < -0.3 is 10.4 Å². The highest BCUT2D eigenvalue weighted by molar-refractivity contribution is 7.94. The van der Waals surface area contributed by atoms with Crippen molar-refractivity contribution in [3.05, 3.63) is 30.3 Å². The summed E-state index contributed by atoms with van der Waals surface area (Å²) < 4.78 is 4.30. The van der Waals surface area contributed by atoms with Crippen LogP contribution in [0.5, 0.6) is 5.75 Å². The van der Waals surface area contributed by atoms with Gasteiger partial charge in [-0.25, -0.2) is 5.26 Å². The first-order valence-electron chi connectivity index (χ1n) is 5.29. The number of fused-ring (bicyclic) bond motifs is 1. The molecule has 0 radical (unpaired) electrons. The van der Waals surface area contributed by atoms with E-state index in [0.717, 1.165) is 17.4 Å². The van der Waals surface area contributed by atoms with Gasteiger partial charge in [-0.3, -0.25) is 4.79 Å². The second-order valence-corrected chi connectivity index (χ2v) is 4.56. The maximum absolute atomic E-state index is 11.0. The van der Waals surface area contributed by atoms with E-state index >= 15 is 0 Å². The molecule has 0 aliphatic rings. The molecular formula is C12H11NO5S. The van der Waals surface area contributed by atoms with Crippen molar-refractivity contribution in [3.8, 4) is 5.75 Å². The lowest BCUT2D eigenvalue weighted by atomic mass is 10.1. The van der Waals surface area contributed by atoms with Gasteiger partial charge in [0.2, 0.25) is 5.91 Å². The number of rotatable bonds is 4. The van der Waals surface area contributed by atoms with Crippen molar-refractivity contribution < 1.29 is 24.5 Å². The number of carbonyl (C=O) groups is 1. The van der Waals surface area contributed by atoms with E-state index in [1.54, 1.807) is 24.3 Å². The Balaban J connectivity index is 2.38. The summed E-state index contributed by atoms with van der Waals surface area (Å²) in [5, 5.41) is 25.5. The molecule has 2 aromatic carbocycles. The van der Waals surface area contributed by atoms with Gasteiger partial charge in [-0.15, -0.1) is 4.33 Å². The van der Waals surface area contributed by atoms with Crippen molar-refractivity contribution in [1.82, 2.24) is 0 Å². The fourth-order valence-corrected chi connectivity index (χ4v) is 2.14. The number of aromatic hydroxyl groups is 1. The number of carbonyl (C=O) groups excluding carboxylic acids is 1. The third-order valence-electron chi connectivity index (χ3n) is 2.39. The van der Waals surface area contributed by atoms with Crippen molar-refractivity contribution in [1.29, 1.82) is 0 Å². The summed E-state index contributed by atoms with van der Waals surface area (Å²) in [6, 6.07) is 8.36. The minimum absolute atomic E-state index is 0.0359. The first-order chi connectivity index (χ1) is 9.10. The molecule has 100 valence electrons. The zero-order chi connectivity index (χ0) is 13.8. The molecule has 0 spiro atoms. The molecular weight excluding hydrogens is 270 g/mol. The van der Waals surface area contributed by atoms with Crippen LogP contribution in [0.2, 0.25) is 0 Å². The Kier molecular flexibility index (Phi) is 4.23. The maximum Gasteiger partial charge on any atom is 0.221 e. The molecule has 0 heterocycles. The first-order valence-corrected chi connectivity index (χ1v) is 6.03. The van der Waals surface area contributed by atoms with Crippen molar-refractivity contribution in [2.24, 2.45) is 0 Å². The van der Waals surface area contributed by atoms with Crippen LogP contribution in [0.3, 0.4) is 0 Å². The molecule has 0 aromatic heterocycles. The summed E-state index contributed by atoms with van der Waals surface area (Å²) in [7, 11) is 0. The van der Waals surface area contributed by atoms with Crippen LogP contribution < -0.4 is 5.32 Å². The van der Waals surface area contributed by atoms with Crippen LogP contribution in [0.4, 0.5) is 5.69 Å². The molecule has 2 aromatic rings. The van der Waals surface area contributed by atoms with E-state index in [0.29, 0.717) is 16.0 Å². The van der Waals surface area contributed by atoms with Gasteiger partial charge in [-0.05, 0) is 29.7 Å². The molecule has 0 aliphatic carbocycles. The van der Waals surface area contributed by atoms with Crippen LogP contribution in [-0.4, -0.2) is 16.3 Å². The number of phenols is 1. The largest absolute Gasteiger partial charge is 0.507 e. The minimum atomic E-state index is -0.181. The number of benzene rings is 2. The highest BCUT2D eigenvalue weighted by atomic mass is 32.2. The fraction of sp³-hybridized carbons (Fsp3) is 0.0833. The van der Waals surface area contributed by atoms with E-state index in [2.05, 4.69) is 14.7 Å². The van der Waals surface area contributed by atoms with Crippen LogP contribution in [0.15, 0.2) is 35.2 Å². The Morgan fingerprint density at radius 2 is 2.11 bits per heavy atom. The standard InChI is InChI=1S/C12H11NO5S/c1-7(14)13-9-3-2-8-4-10(19-18-17-16)6-12(15)11(8)5-9/h2-6,15-16H,1H3,(H,13,14). The molecule has 1 amide bonds. The molecule has 6 nitrogen and oxygen atoms in total. The molecule has 0 fully saturated rings. The lowest BCUT2D eigenvalue weighted by Gasteiger charge is -2.07. The summed E-state index contributed by atoms with van der Waals surface area (Å²) in [6.07, 6.45) is 0. The second kappa shape index (κ2) is 5.89. The minimum Gasteiger partial charge on any atom is -0.507 e. The number of amides is 1. The molecule has 0 unspecified atom stereocenters. The van der Waals surface area contributed by atoms with E-state index in [4.69, 9.17) is 5.26 Å². The molecule has 19 heavy (non-hydrogen) atoms. The van der Waals surface area contributed by atoms with Crippen LogP contribution in [-0.2, 0) is 14.2 Å². The highest BCUT2D eigenvalue weighted by Crippen LogP contribution is 2.33. The third kappa shape index (κ3) is 3.36. The van der Waals surface area contributed by atoms with Gasteiger partial charge in [0.25, 0.3) is 0 Å². The summed E-state index contributed by atoms with van der Waals surface area (Å²) in [5.41, 5.74) is 0.602. The second-order valence-electron chi connectivity index (χ2n) is 3.79. The highest BCUT2D eigenvalue weighted by Gasteiger charge is 2.06. The number of nitrogens with one attached hydrogen (secondary N) is 1. The van der Waals surface area contributed by atoms with Gasteiger partial charge in [0.1, 0.15) is 5.75 Å². The number of hydrogen-bond donors (Lipinski definition) is 3. The average molecular weight is 281 g/mol. The Morgan fingerprint density at radius 1 is 1.32 bits per heavy atom. The van der Waals surface area contributed by atoms with Crippen LogP contribution in [0, 0.1) is 0 Å². The van der Waals surface area contributed by atoms with Gasteiger partial charge in [-0.1, -0.05) is 11.1 Å². The molecule has 7 heteroatoms. The molecule has 0 saturated carbocycles. The third-order valence-corrected chi connectivity index (χ3v) is 2.94. The molecule has 3 N–H and O–H groups in total. The SMILES string of the molecule is CC(=O)Nc1ccc2cc(SOOO)cc(O)c2c1. The summed E-state index contributed by atoms with van der Waals surface area (Å²) in [4.78, 5) is 11.5. The van der Waals surface area contributed by atoms with Crippen molar-refractivity contribution in [3.63, 3.8) is 0 Å². The van der Waals surface area contributed by atoms with Crippen molar-refractivity contribution in [2.45, 2.75) is 11.8 Å². The molecule has 0 aliphatic heterocycles. The van der Waals surface area contributed by atoms with Gasteiger partial charge in [0.05, 0.1) is 12.0 Å². The number of phenolic OH excluding ortho intramolecular Hbond substituents is 1. The van der Waals surface area contributed by atoms with Crippen LogP contribution in [0.1, 0.15) is 6.92 Å². The van der Waals surface area contributed by atoms with E-state index in [9.17, 15) is 9.90 Å². The van der Waals surface area contributed by atoms with E-state index < -0.39 is 0 Å². The maximum atomic E-state index is 11.0. The van der Waals surface area contributed by atoms with E-state index in [-0.39, 0.29) is 11.7 Å². The lowest BCUT2D eigenvalue weighted by Crippen LogP contribution is -2.05. The Labute approximate surface area is 113 Å². The summed E-state index contributed by atoms with van der Waals surface area (Å²) in [6.45, 7) is 1.41. The molecule has 0 atom stereocenters. The van der Waals surface area contributed by atoms with Crippen molar-refractivity contribution in [2.75, 3.05) is 5.32 Å². The molecule has 0 saturated heterocycles. The van der Waals surface area contributed by atoms with E-state index in [1.807, 2.05) is 0 Å². The smallest absolute Gasteiger partial charge is 0.221 e. The normalized spacial score (nSPS) is 10.6. The Bertz CT molecular complexity index is 616. The zero-order valence-corrected chi connectivity index (χ0v) is 10.7. The number of hydrogen-bond acceptors (Lipinski definition) is 6. The molecule has 0 bridgehead atoms. The fourth-order valence-electron chi connectivity index (χ4n) is 1.70. The first kappa shape index (κ1) is 13.6. The topological polar surface area (TPSA) is 88.0 Å².